The predicted octanol–water partition coefficient (Wildman–Crippen LogP) is 0.965. The fraction of sp³-hybridized carbons (Fsp3) is 0.438. The van der Waals surface area contributed by atoms with Crippen LogP contribution in [0.15, 0.2) is 6.07 Å². The molecular weight excluding hydrogens is 292 g/mol. The molecule has 2 aromatic heterocycles. The highest BCUT2D eigenvalue weighted by Crippen LogP contribution is 2.34. The third kappa shape index (κ3) is 2.36. The van der Waals surface area contributed by atoms with Gasteiger partial charge in [-0.25, -0.2) is 4.98 Å². The first-order valence-corrected chi connectivity index (χ1v) is 7.85. The van der Waals surface area contributed by atoms with Gasteiger partial charge in [-0.05, 0) is 19.0 Å². The molecule has 2 aliphatic rings. The van der Waals surface area contributed by atoms with Gasteiger partial charge in [-0.15, -0.1) is 0 Å². The number of anilines is 1. The molecule has 4 heterocycles. The highest BCUT2D eigenvalue weighted by Gasteiger charge is 2.25. The number of aryl methyl sites for hydroxylation is 1. The van der Waals surface area contributed by atoms with E-state index < -0.39 is 0 Å². The summed E-state index contributed by atoms with van der Waals surface area (Å²) in [6, 6.07) is 4.24. The van der Waals surface area contributed by atoms with Crippen LogP contribution in [0.5, 0.6) is 0 Å². The lowest BCUT2D eigenvalue weighted by Crippen LogP contribution is -2.16. The van der Waals surface area contributed by atoms with Crippen LogP contribution in [0, 0.1) is 11.3 Å². The Balaban J connectivity index is 1.91. The quantitative estimate of drug-likeness (QED) is 0.813. The van der Waals surface area contributed by atoms with Gasteiger partial charge in [-0.1, -0.05) is 0 Å². The SMILES string of the molecule is N#Cc1c(N)nc2c(c1-c1cc3n(n1)CCCNC3)COCC2. The molecule has 0 aliphatic carbocycles. The van der Waals surface area contributed by atoms with E-state index in [1.807, 2.05) is 10.7 Å². The van der Waals surface area contributed by atoms with Crippen LogP contribution in [0.3, 0.4) is 0 Å². The maximum absolute atomic E-state index is 9.55. The van der Waals surface area contributed by atoms with Crippen molar-refractivity contribution < 1.29 is 4.74 Å². The first-order valence-electron chi connectivity index (χ1n) is 7.85. The second-order valence-electron chi connectivity index (χ2n) is 5.86. The number of pyridine rings is 1. The van der Waals surface area contributed by atoms with E-state index in [0.29, 0.717) is 25.2 Å². The van der Waals surface area contributed by atoms with E-state index in [-0.39, 0.29) is 5.82 Å². The number of nitrogens with two attached hydrogens (primary N) is 1. The zero-order chi connectivity index (χ0) is 15.8. The molecular formula is C16H18N6O. The molecule has 2 aliphatic heterocycles. The molecule has 23 heavy (non-hydrogen) atoms. The summed E-state index contributed by atoms with van der Waals surface area (Å²) in [6.45, 7) is 3.74. The van der Waals surface area contributed by atoms with Crippen LogP contribution < -0.4 is 11.1 Å². The van der Waals surface area contributed by atoms with E-state index in [1.54, 1.807) is 0 Å². The Kier molecular flexibility index (Phi) is 3.48. The van der Waals surface area contributed by atoms with Crippen LogP contribution >= 0.6 is 0 Å². The Bertz CT molecular complexity index is 780. The minimum atomic E-state index is 0.282. The highest BCUT2D eigenvalue weighted by atomic mass is 16.5. The van der Waals surface area contributed by atoms with E-state index in [9.17, 15) is 5.26 Å². The molecule has 0 unspecified atom stereocenters. The molecule has 118 valence electrons. The van der Waals surface area contributed by atoms with Gasteiger partial charge in [0, 0.05) is 30.6 Å². The second-order valence-corrected chi connectivity index (χ2v) is 5.86. The number of aromatic nitrogens is 3. The lowest BCUT2D eigenvalue weighted by molar-refractivity contribution is 0.109. The van der Waals surface area contributed by atoms with Gasteiger partial charge in [0.15, 0.2) is 0 Å². The minimum Gasteiger partial charge on any atom is -0.383 e. The molecule has 2 aromatic rings. The van der Waals surface area contributed by atoms with Crippen LogP contribution in [0.2, 0.25) is 0 Å². The zero-order valence-electron chi connectivity index (χ0n) is 12.8. The van der Waals surface area contributed by atoms with E-state index in [0.717, 1.165) is 54.3 Å². The van der Waals surface area contributed by atoms with Crippen molar-refractivity contribution in [3.63, 3.8) is 0 Å². The number of hydrogen-bond donors (Lipinski definition) is 2. The summed E-state index contributed by atoms with van der Waals surface area (Å²) in [6.07, 6.45) is 1.76. The van der Waals surface area contributed by atoms with Gasteiger partial charge < -0.3 is 15.8 Å². The van der Waals surface area contributed by atoms with Gasteiger partial charge in [0.25, 0.3) is 0 Å². The Labute approximate surface area is 134 Å². The third-order valence-corrected chi connectivity index (χ3v) is 4.40. The third-order valence-electron chi connectivity index (χ3n) is 4.40. The number of nitrogens with one attached hydrogen (secondary N) is 1. The van der Waals surface area contributed by atoms with Crippen molar-refractivity contribution in [3.05, 3.63) is 28.6 Å². The first kappa shape index (κ1) is 14.2. The van der Waals surface area contributed by atoms with Crippen LogP contribution in [-0.2, 0) is 30.9 Å². The lowest BCUT2D eigenvalue weighted by Gasteiger charge is -2.20. The van der Waals surface area contributed by atoms with Gasteiger partial charge in [-0.2, -0.15) is 10.4 Å². The van der Waals surface area contributed by atoms with E-state index in [2.05, 4.69) is 16.4 Å². The summed E-state index contributed by atoms with van der Waals surface area (Å²) in [7, 11) is 0. The fourth-order valence-corrected chi connectivity index (χ4v) is 3.28. The zero-order valence-corrected chi connectivity index (χ0v) is 12.8. The number of nitriles is 1. The summed E-state index contributed by atoms with van der Waals surface area (Å²) >= 11 is 0. The van der Waals surface area contributed by atoms with Crippen molar-refractivity contribution in [2.75, 3.05) is 18.9 Å². The molecule has 3 N–H and O–H groups in total. The van der Waals surface area contributed by atoms with E-state index in [1.165, 1.54) is 0 Å². The fourth-order valence-electron chi connectivity index (χ4n) is 3.28. The molecule has 7 heteroatoms. The van der Waals surface area contributed by atoms with Gasteiger partial charge in [0.05, 0.1) is 30.3 Å². The Morgan fingerprint density at radius 1 is 1.43 bits per heavy atom. The first-order chi connectivity index (χ1) is 11.3. The van der Waals surface area contributed by atoms with Crippen LogP contribution in [0.4, 0.5) is 5.82 Å². The Hall–Kier alpha value is -2.43. The summed E-state index contributed by atoms with van der Waals surface area (Å²) in [5.41, 5.74) is 11.0. The van der Waals surface area contributed by atoms with E-state index >= 15 is 0 Å². The molecule has 0 atom stereocenters. The molecule has 0 radical (unpaired) electrons. The van der Waals surface area contributed by atoms with Crippen molar-refractivity contribution in [3.8, 4) is 17.3 Å². The molecule has 0 aromatic carbocycles. The predicted molar refractivity (Wildman–Crippen MR) is 84.3 cm³/mol. The second kappa shape index (κ2) is 5.65. The number of fused-ring (bicyclic) bond motifs is 2. The molecule has 0 saturated heterocycles. The number of ether oxygens (including phenoxy) is 1. The molecule has 0 fully saturated rings. The summed E-state index contributed by atoms with van der Waals surface area (Å²) in [5.74, 6) is 0.282. The van der Waals surface area contributed by atoms with E-state index in [4.69, 9.17) is 15.6 Å². The summed E-state index contributed by atoms with van der Waals surface area (Å²) < 4.78 is 7.60. The monoisotopic (exact) mass is 310 g/mol. The normalized spacial score (nSPS) is 17.0. The highest BCUT2D eigenvalue weighted by molar-refractivity contribution is 5.77. The maximum atomic E-state index is 9.55. The maximum Gasteiger partial charge on any atom is 0.142 e. The average Bonchev–Trinajstić information content (AvgIpc) is 2.83. The van der Waals surface area contributed by atoms with Crippen molar-refractivity contribution in [1.29, 1.82) is 5.26 Å². The molecule has 7 nitrogen and oxygen atoms in total. The topological polar surface area (TPSA) is 102 Å². The van der Waals surface area contributed by atoms with Gasteiger partial charge in [-0.3, -0.25) is 4.68 Å². The largest absolute Gasteiger partial charge is 0.383 e. The molecule has 0 spiro atoms. The number of nitrogen functional groups attached to an aromatic ring is 1. The van der Waals surface area contributed by atoms with Crippen molar-refractivity contribution >= 4 is 5.82 Å². The molecule has 0 amide bonds. The van der Waals surface area contributed by atoms with Crippen molar-refractivity contribution in [2.45, 2.75) is 32.5 Å². The number of hydrogen-bond acceptors (Lipinski definition) is 6. The standard InChI is InChI=1S/C16H18N6O/c17-7-11-15(12-9-23-5-2-13(12)20-16(11)18)14-6-10-8-19-3-1-4-22(10)21-14/h6,19H,1-5,8-9H2,(H2,18,20). The smallest absolute Gasteiger partial charge is 0.142 e. The number of nitrogens with zero attached hydrogens (tertiary/aromatic N) is 4. The minimum absolute atomic E-state index is 0.282. The summed E-state index contributed by atoms with van der Waals surface area (Å²) in [4.78, 5) is 4.40. The van der Waals surface area contributed by atoms with Gasteiger partial charge >= 0.3 is 0 Å². The van der Waals surface area contributed by atoms with Crippen LogP contribution in [-0.4, -0.2) is 27.9 Å². The lowest BCUT2D eigenvalue weighted by atomic mass is 9.96. The van der Waals surface area contributed by atoms with Crippen LogP contribution in [0.25, 0.3) is 11.3 Å². The van der Waals surface area contributed by atoms with Crippen molar-refractivity contribution in [1.82, 2.24) is 20.1 Å². The van der Waals surface area contributed by atoms with Gasteiger partial charge in [0.2, 0.25) is 0 Å². The molecule has 0 saturated carbocycles. The Morgan fingerprint density at radius 2 is 2.35 bits per heavy atom. The van der Waals surface area contributed by atoms with Crippen molar-refractivity contribution in [2.24, 2.45) is 0 Å². The van der Waals surface area contributed by atoms with Gasteiger partial charge in [0.1, 0.15) is 17.5 Å². The summed E-state index contributed by atoms with van der Waals surface area (Å²) in [5, 5.41) is 17.7. The molecule has 0 bridgehead atoms. The number of rotatable bonds is 1. The Morgan fingerprint density at radius 3 is 3.22 bits per heavy atom. The molecule has 4 rings (SSSR count). The average molecular weight is 310 g/mol. The van der Waals surface area contributed by atoms with Crippen LogP contribution in [0.1, 0.15) is 28.9 Å².